The SMILES string of the molecule is CCc1ccc2c(n1)c(-c1ccccc1)cn2CCCNC(=O)C1CCCCCCCCCCC1. The van der Waals surface area contributed by atoms with Crippen LogP contribution < -0.4 is 5.32 Å². The van der Waals surface area contributed by atoms with Crippen molar-refractivity contribution in [3.63, 3.8) is 0 Å². The summed E-state index contributed by atoms with van der Waals surface area (Å²) in [5, 5.41) is 3.27. The molecule has 0 aliphatic heterocycles. The van der Waals surface area contributed by atoms with Crippen molar-refractivity contribution in [3.05, 3.63) is 54.4 Å². The molecule has 0 unspecified atom stereocenters. The Morgan fingerprint density at radius 2 is 1.57 bits per heavy atom. The molecule has 1 saturated carbocycles. The van der Waals surface area contributed by atoms with E-state index in [1.807, 2.05) is 0 Å². The Kier molecular flexibility index (Phi) is 9.80. The van der Waals surface area contributed by atoms with Crippen molar-refractivity contribution in [2.24, 2.45) is 5.92 Å². The first-order chi connectivity index (χ1) is 17.3. The van der Waals surface area contributed by atoms with Crippen LogP contribution in [0.3, 0.4) is 0 Å². The van der Waals surface area contributed by atoms with Crippen molar-refractivity contribution in [2.45, 2.75) is 96.9 Å². The molecular formula is C31H43N3O. The Labute approximate surface area is 211 Å². The van der Waals surface area contributed by atoms with E-state index in [9.17, 15) is 4.79 Å². The fraction of sp³-hybridized carbons (Fsp3) is 0.548. The second kappa shape index (κ2) is 13.5. The topological polar surface area (TPSA) is 46.9 Å². The molecule has 4 nitrogen and oxygen atoms in total. The normalized spacial score (nSPS) is 16.5. The molecule has 1 aliphatic carbocycles. The summed E-state index contributed by atoms with van der Waals surface area (Å²) in [6.07, 6.45) is 17.9. The molecule has 1 fully saturated rings. The van der Waals surface area contributed by atoms with Gasteiger partial charge in [-0.15, -0.1) is 0 Å². The smallest absolute Gasteiger partial charge is 0.223 e. The third-order valence-corrected chi connectivity index (χ3v) is 7.58. The van der Waals surface area contributed by atoms with E-state index in [1.54, 1.807) is 0 Å². The number of benzene rings is 1. The molecule has 1 aromatic carbocycles. The van der Waals surface area contributed by atoms with E-state index in [4.69, 9.17) is 4.98 Å². The zero-order valence-electron chi connectivity index (χ0n) is 21.6. The Morgan fingerprint density at radius 1 is 0.914 bits per heavy atom. The quantitative estimate of drug-likeness (QED) is 0.357. The van der Waals surface area contributed by atoms with Gasteiger partial charge in [-0.2, -0.15) is 0 Å². The molecule has 0 atom stereocenters. The van der Waals surface area contributed by atoms with Crippen LogP contribution in [0.15, 0.2) is 48.7 Å². The Hall–Kier alpha value is -2.62. The molecule has 35 heavy (non-hydrogen) atoms. The minimum Gasteiger partial charge on any atom is -0.356 e. The number of carbonyl (C=O) groups excluding carboxylic acids is 1. The third-order valence-electron chi connectivity index (χ3n) is 7.58. The van der Waals surface area contributed by atoms with E-state index in [0.29, 0.717) is 0 Å². The summed E-state index contributed by atoms with van der Waals surface area (Å²) in [6.45, 7) is 3.76. The molecular weight excluding hydrogens is 430 g/mol. The average Bonchev–Trinajstić information content (AvgIpc) is 3.25. The van der Waals surface area contributed by atoms with Gasteiger partial charge < -0.3 is 9.88 Å². The van der Waals surface area contributed by atoms with Gasteiger partial charge >= 0.3 is 0 Å². The van der Waals surface area contributed by atoms with Crippen LogP contribution in [0, 0.1) is 5.92 Å². The summed E-state index contributed by atoms with van der Waals surface area (Å²) in [5.74, 6) is 0.474. The van der Waals surface area contributed by atoms with E-state index in [-0.39, 0.29) is 11.8 Å². The van der Waals surface area contributed by atoms with Crippen molar-refractivity contribution in [1.82, 2.24) is 14.9 Å². The van der Waals surface area contributed by atoms with Gasteiger partial charge in [-0.1, -0.05) is 95.0 Å². The first-order valence-electron chi connectivity index (χ1n) is 14.1. The zero-order chi connectivity index (χ0) is 24.3. The van der Waals surface area contributed by atoms with Gasteiger partial charge in [0.15, 0.2) is 0 Å². The van der Waals surface area contributed by atoms with Crippen molar-refractivity contribution in [3.8, 4) is 11.1 Å². The monoisotopic (exact) mass is 473 g/mol. The number of hydrogen-bond acceptors (Lipinski definition) is 2. The van der Waals surface area contributed by atoms with Crippen molar-refractivity contribution < 1.29 is 4.79 Å². The first-order valence-corrected chi connectivity index (χ1v) is 14.1. The lowest BCUT2D eigenvalue weighted by Gasteiger charge is -2.18. The van der Waals surface area contributed by atoms with Gasteiger partial charge in [0.1, 0.15) is 0 Å². The minimum absolute atomic E-state index is 0.197. The van der Waals surface area contributed by atoms with Crippen molar-refractivity contribution >= 4 is 16.9 Å². The fourth-order valence-corrected chi connectivity index (χ4v) is 5.45. The van der Waals surface area contributed by atoms with Crippen LogP contribution in [0.2, 0.25) is 0 Å². The molecule has 0 saturated heterocycles. The third kappa shape index (κ3) is 7.19. The molecule has 0 spiro atoms. The summed E-state index contributed by atoms with van der Waals surface area (Å²) in [4.78, 5) is 17.9. The summed E-state index contributed by atoms with van der Waals surface area (Å²) < 4.78 is 2.31. The van der Waals surface area contributed by atoms with Crippen molar-refractivity contribution in [1.29, 1.82) is 0 Å². The van der Waals surface area contributed by atoms with Gasteiger partial charge in [-0.05, 0) is 43.4 Å². The first kappa shape index (κ1) is 25.5. The van der Waals surface area contributed by atoms with Crippen molar-refractivity contribution in [2.75, 3.05) is 6.54 Å². The molecule has 0 radical (unpaired) electrons. The molecule has 1 N–H and O–H groups in total. The van der Waals surface area contributed by atoms with E-state index in [1.165, 1.54) is 74.4 Å². The van der Waals surface area contributed by atoms with Gasteiger partial charge in [0.25, 0.3) is 0 Å². The van der Waals surface area contributed by atoms with Gasteiger partial charge in [-0.3, -0.25) is 9.78 Å². The number of carbonyl (C=O) groups is 1. The molecule has 188 valence electrons. The van der Waals surface area contributed by atoms with Crippen LogP contribution in [0.1, 0.15) is 89.7 Å². The van der Waals surface area contributed by atoms with E-state index in [2.05, 4.69) is 65.5 Å². The molecule has 4 rings (SSSR count). The second-order valence-electron chi connectivity index (χ2n) is 10.2. The molecule has 3 aromatic rings. The summed E-state index contributed by atoms with van der Waals surface area (Å²) in [5.41, 5.74) is 5.76. The number of nitrogens with zero attached hydrogens (tertiary/aromatic N) is 2. The number of hydrogen-bond donors (Lipinski definition) is 1. The summed E-state index contributed by atoms with van der Waals surface area (Å²) in [7, 11) is 0. The fourth-order valence-electron chi connectivity index (χ4n) is 5.45. The maximum atomic E-state index is 13.0. The highest BCUT2D eigenvalue weighted by Gasteiger charge is 2.18. The molecule has 1 aliphatic rings. The summed E-state index contributed by atoms with van der Waals surface area (Å²) >= 11 is 0. The van der Waals surface area contributed by atoms with E-state index < -0.39 is 0 Å². The lowest BCUT2D eigenvalue weighted by atomic mass is 9.92. The molecule has 4 heteroatoms. The Bertz CT molecular complexity index is 1040. The second-order valence-corrected chi connectivity index (χ2v) is 10.2. The Morgan fingerprint density at radius 3 is 2.23 bits per heavy atom. The zero-order valence-corrected chi connectivity index (χ0v) is 21.6. The van der Waals surface area contributed by atoms with E-state index >= 15 is 0 Å². The number of aromatic nitrogens is 2. The maximum Gasteiger partial charge on any atom is 0.223 e. The molecule has 1 amide bonds. The average molecular weight is 474 g/mol. The van der Waals surface area contributed by atoms with Crippen LogP contribution in [0.5, 0.6) is 0 Å². The predicted octanol–water partition coefficient (Wildman–Crippen LogP) is 7.69. The van der Waals surface area contributed by atoms with Crippen LogP contribution in [-0.2, 0) is 17.8 Å². The van der Waals surface area contributed by atoms with Gasteiger partial charge in [0.05, 0.1) is 11.0 Å². The van der Waals surface area contributed by atoms with Gasteiger partial charge in [-0.25, -0.2) is 0 Å². The lowest BCUT2D eigenvalue weighted by Crippen LogP contribution is -2.32. The van der Waals surface area contributed by atoms with Crippen LogP contribution >= 0.6 is 0 Å². The predicted molar refractivity (Wildman–Crippen MR) is 146 cm³/mol. The number of nitrogens with one attached hydrogen (secondary N) is 1. The highest BCUT2D eigenvalue weighted by molar-refractivity contribution is 5.93. The summed E-state index contributed by atoms with van der Waals surface area (Å²) in [6, 6.07) is 14.9. The minimum atomic E-state index is 0.197. The highest BCUT2D eigenvalue weighted by atomic mass is 16.1. The number of amides is 1. The number of aryl methyl sites for hydroxylation is 2. The lowest BCUT2D eigenvalue weighted by molar-refractivity contribution is -0.125. The molecule has 0 bridgehead atoms. The van der Waals surface area contributed by atoms with Crippen LogP contribution in [0.25, 0.3) is 22.2 Å². The maximum absolute atomic E-state index is 13.0. The van der Waals surface area contributed by atoms with Gasteiger partial charge in [0.2, 0.25) is 5.91 Å². The number of rotatable bonds is 7. The number of fused-ring (bicyclic) bond motifs is 1. The van der Waals surface area contributed by atoms with Crippen LogP contribution in [0.4, 0.5) is 0 Å². The van der Waals surface area contributed by atoms with E-state index in [0.717, 1.165) is 50.0 Å². The standard InChI is InChI=1S/C31H43N3O/c1-2-27-20-21-29-30(33-27)28(25-16-13-10-14-17-25)24-34(29)23-15-22-32-31(35)26-18-11-8-6-4-3-5-7-9-12-19-26/h10,13-14,16-17,20-21,24,26H,2-9,11-12,15,18-19,22-23H2,1H3,(H,32,35). The number of pyridine rings is 1. The molecule has 2 aromatic heterocycles. The van der Waals surface area contributed by atoms with Gasteiger partial charge in [0, 0.05) is 36.5 Å². The van der Waals surface area contributed by atoms with Crippen LogP contribution in [-0.4, -0.2) is 22.0 Å². The largest absolute Gasteiger partial charge is 0.356 e. The highest BCUT2D eigenvalue weighted by Crippen LogP contribution is 2.30. The molecule has 2 heterocycles. The Balaban J connectivity index is 1.35.